The van der Waals surface area contributed by atoms with Crippen molar-refractivity contribution in [3.8, 4) is 0 Å². The van der Waals surface area contributed by atoms with Crippen LogP contribution < -0.4 is 16.4 Å². The minimum atomic E-state index is -0.473. The van der Waals surface area contributed by atoms with Crippen LogP contribution in [-0.4, -0.2) is 64.6 Å². The van der Waals surface area contributed by atoms with Gasteiger partial charge in [-0.25, -0.2) is 4.79 Å². The Kier molecular flexibility index (Phi) is 9.56. The van der Waals surface area contributed by atoms with E-state index in [1.807, 2.05) is 62.6 Å². The van der Waals surface area contributed by atoms with Gasteiger partial charge in [0.15, 0.2) is 0 Å². The van der Waals surface area contributed by atoms with Crippen LogP contribution in [0.4, 0.5) is 28.1 Å². The number of hydrogen-bond acceptors (Lipinski definition) is 8. The lowest BCUT2D eigenvalue weighted by Gasteiger charge is -2.22. The van der Waals surface area contributed by atoms with Crippen molar-refractivity contribution in [1.29, 1.82) is 0 Å². The number of aldehydes is 1. The second-order valence-electron chi connectivity index (χ2n) is 8.88. The Morgan fingerprint density at radius 3 is 2.38 bits per heavy atom. The van der Waals surface area contributed by atoms with Gasteiger partial charge < -0.3 is 26.2 Å². The highest BCUT2D eigenvalue weighted by atomic mass is 16.2. The molecular formula is C27H34N8O2. The second-order valence-corrected chi connectivity index (χ2v) is 8.88. The fourth-order valence-corrected chi connectivity index (χ4v) is 3.79. The molecule has 4 N–H and O–H groups in total. The lowest BCUT2D eigenvalue weighted by molar-refractivity contribution is -0.104. The molecule has 0 atom stereocenters. The maximum Gasteiger partial charge on any atom is 0.349 e. The maximum absolute atomic E-state index is 12.7. The van der Waals surface area contributed by atoms with E-state index < -0.39 is 6.03 Å². The summed E-state index contributed by atoms with van der Waals surface area (Å²) >= 11 is 0. The molecule has 1 aliphatic rings. The fourth-order valence-electron chi connectivity index (χ4n) is 3.79. The van der Waals surface area contributed by atoms with Crippen molar-refractivity contribution in [2.45, 2.75) is 19.4 Å². The van der Waals surface area contributed by atoms with E-state index in [1.54, 1.807) is 0 Å². The van der Waals surface area contributed by atoms with Crippen LogP contribution in [0.5, 0.6) is 0 Å². The number of nitrogens with one attached hydrogen (secondary N) is 2. The predicted octanol–water partition coefficient (Wildman–Crippen LogP) is 4.18. The predicted molar refractivity (Wildman–Crippen MR) is 149 cm³/mol. The number of hydrogen-bond donors (Lipinski definition) is 3. The minimum Gasteiger partial charge on any atom is -0.380 e. The molecule has 1 amide bonds. The number of allylic oxidation sites excluding steroid dienone is 2. The van der Waals surface area contributed by atoms with Crippen molar-refractivity contribution in [1.82, 2.24) is 24.6 Å². The van der Waals surface area contributed by atoms with Crippen LogP contribution in [0.25, 0.3) is 5.57 Å². The number of nitrogens with two attached hydrogens (primary N) is 1. The molecule has 0 saturated heterocycles. The highest BCUT2D eigenvalue weighted by molar-refractivity contribution is 5.92. The Bertz CT molecular complexity index is 1220. The van der Waals surface area contributed by atoms with E-state index in [9.17, 15) is 4.79 Å². The average Bonchev–Trinajstić information content (AvgIpc) is 3.25. The third-order valence-corrected chi connectivity index (χ3v) is 5.47. The number of aromatic nitrogens is 3. The molecule has 0 fully saturated rings. The highest BCUT2D eigenvalue weighted by Gasteiger charge is 2.15. The van der Waals surface area contributed by atoms with Crippen LogP contribution in [0.2, 0.25) is 0 Å². The molecule has 3 aromatic rings. The van der Waals surface area contributed by atoms with Crippen LogP contribution in [0, 0.1) is 0 Å². The minimum absolute atomic E-state index is 0.00578. The summed E-state index contributed by atoms with van der Waals surface area (Å²) in [6, 6.07) is 15.2. The zero-order valence-corrected chi connectivity index (χ0v) is 21.5. The molecule has 1 aliphatic heterocycles. The summed E-state index contributed by atoms with van der Waals surface area (Å²) in [5.74, 6) is 0.262. The molecule has 0 radical (unpaired) electrons. The van der Waals surface area contributed by atoms with Crippen LogP contribution in [0.3, 0.4) is 0 Å². The van der Waals surface area contributed by atoms with Gasteiger partial charge in [-0.3, -0.25) is 4.79 Å². The van der Waals surface area contributed by atoms with Crippen LogP contribution in [0.15, 0.2) is 67.4 Å². The number of benzene rings is 2. The molecule has 194 valence electrons. The van der Waals surface area contributed by atoms with Gasteiger partial charge in [-0.15, -0.1) is 9.78 Å². The first-order valence-electron chi connectivity index (χ1n) is 11.9. The summed E-state index contributed by atoms with van der Waals surface area (Å²) in [4.78, 5) is 30.2. The number of carbonyl (C=O) groups excluding carboxylic acids is 2. The summed E-state index contributed by atoms with van der Waals surface area (Å²) in [5, 5.41) is 10.1. The molecule has 1 aromatic heterocycles. The molecule has 4 rings (SSSR count). The quantitative estimate of drug-likeness (QED) is 0.325. The summed E-state index contributed by atoms with van der Waals surface area (Å²) < 4.78 is 1.05. The van der Waals surface area contributed by atoms with Crippen LogP contribution in [-0.2, 0) is 11.3 Å². The highest BCUT2D eigenvalue weighted by Crippen LogP contribution is 2.25. The van der Waals surface area contributed by atoms with Gasteiger partial charge in [0.2, 0.25) is 11.9 Å². The number of rotatable bonds is 7. The SMILES string of the molecule is C=CC=O.CN(C)Cc1ccc(Nc2nc(N)n(C(=O)Nc3ccc(C4=CN(C)CCC4)cc3)n2)cc1. The number of nitrogen functional groups attached to an aromatic ring is 1. The number of anilines is 4. The lowest BCUT2D eigenvalue weighted by atomic mass is 9.99. The zero-order valence-electron chi connectivity index (χ0n) is 21.5. The van der Waals surface area contributed by atoms with Gasteiger partial charge in [0.25, 0.3) is 0 Å². The summed E-state index contributed by atoms with van der Waals surface area (Å²) in [6.07, 6.45) is 6.21. The van der Waals surface area contributed by atoms with Gasteiger partial charge in [-0.2, -0.15) is 4.98 Å². The van der Waals surface area contributed by atoms with Gasteiger partial charge in [-0.05, 0) is 74.0 Å². The van der Waals surface area contributed by atoms with Gasteiger partial charge in [0.1, 0.15) is 6.29 Å². The molecule has 0 bridgehead atoms. The first kappa shape index (κ1) is 27.2. The molecule has 10 nitrogen and oxygen atoms in total. The maximum atomic E-state index is 12.7. The molecular weight excluding hydrogens is 468 g/mol. The van der Waals surface area contributed by atoms with Gasteiger partial charge in [0, 0.05) is 37.7 Å². The Morgan fingerprint density at radius 1 is 1.14 bits per heavy atom. The van der Waals surface area contributed by atoms with E-state index in [0.29, 0.717) is 12.0 Å². The van der Waals surface area contributed by atoms with E-state index in [0.717, 1.165) is 41.9 Å². The normalized spacial score (nSPS) is 12.8. The summed E-state index contributed by atoms with van der Waals surface area (Å²) in [6.45, 7) is 5.05. The van der Waals surface area contributed by atoms with Gasteiger partial charge in [0.05, 0.1) is 0 Å². The Labute approximate surface area is 217 Å². The molecule has 0 spiro atoms. The monoisotopic (exact) mass is 502 g/mol. The Morgan fingerprint density at radius 2 is 1.78 bits per heavy atom. The van der Waals surface area contributed by atoms with Crippen molar-refractivity contribution < 1.29 is 9.59 Å². The van der Waals surface area contributed by atoms with E-state index in [1.165, 1.54) is 17.2 Å². The van der Waals surface area contributed by atoms with E-state index in [2.05, 4.69) is 50.3 Å². The van der Waals surface area contributed by atoms with Crippen molar-refractivity contribution >= 4 is 41.2 Å². The van der Waals surface area contributed by atoms with Crippen LogP contribution >= 0.6 is 0 Å². The fraction of sp³-hybridized carbons (Fsp3) is 0.259. The standard InChI is InChI=1S/C24H30N8O.C3H4O/c1-30(2)15-17-6-10-20(11-7-17)26-23-28-22(25)32(29-23)24(33)27-21-12-8-18(9-13-21)19-5-4-14-31(3)16-19;1-2-3-4/h6-13,16H,4-5,14-15H2,1-3H3,(H,27,33)(H3,25,26,28,29);2-3H,1H2. The summed E-state index contributed by atoms with van der Waals surface area (Å²) in [5.41, 5.74) is 11.1. The van der Waals surface area contributed by atoms with Crippen molar-refractivity contribution in [3.05, 3.63) is 78.5 Å². The third kappa shape index (κ3) is 8.04. The van der Waals surface area contributed by atoms with Crippen molar-refractivity contribution in [3.63, 3.8) is 0 Å². The molecule has 2 aromatic carbocycles. The van der Waals surface area contributed by atoms with Crippen molar-refractivity contribution in [2.75, 3.05) is 44.1 Å². The molecule has 10 heteroatoms. The molecule has 0 saturated carbocycles. The lowest BCUT2D eigenvalue weighted by Crippen LogP contribution is -2.22. The topological polar surface area (TPSA) is 121 Å². The second kappa shape index (κ2) is 13.0. The number of amides is 1. The van der Waals surface area contributed by atoms with E-state index in [4.69, 9.17) is 10.5 Å². The van der Waals surface area contributed by atoms with E-state index >= 15 is 0 Å². The summed E-state index contributed by atoms with van der Waals surface area (Å²) in [7, 11) is 6.13. The molecule has 2 heterocycles. The smallest absolute Gasteiger partial charge is 0.349 e. The molecule has 0 aliphatic carbocycles. The van der Waals surface area contributed by atoms with Gasteiger partial charge in [-0.1, -0.05) is 30.8 Å². The largest absolute Gasteiger partial charge is 0.380 e. The molecule has 0 unspecified atom stereocenters. The van der Waals surface area contributed by atoms with Gasteiger partial charge >= 0.3 is 6.03 Å². The zero-order chi connectivity index (χ0) is 26.8. The third-order valence-electron chi connectivity index (χ3n) is 5.47. The Hall–Kier alpha value is -4.44. The van der Waals surface area contributed by atoms with Crippen LogP contribution in [0.1, 0.15) is 24.0 Å². The number of nitrogens with zero attached hydrogens (tertiary/aromatic N) is 5. The average molecular weight is 503 g/mol. The Balaban J connectivity index is 0.000000886. The number of carbonyl (C=O) groups is 2. The first-order chi connectivity index (χ1) is 17.8. The van der Waals surface area contributed by atoms with E-state index in [-0.39, 0.29) is 11.9 Å². The van der Waals surface area contributed by atoms with Crippen molar-refractivity contribution in [2.24, 2.45) is 0 Å². The molecule has 37 heavy (non-hydrogen) atoms. The first-order valence-corrected chi connectivity index (χ1v) is 11.9.